The molecule has 1 atom stereocenters. The first-order valence-electron chi connectivity index (χ1n) is 7.63. The molecular weight excluding hydrogens is 251 g/mol. The lowest BCUT2D eigenvalue weighted by Crippen LogP contribution is -2.41. The number of nitrogens with zero attached hydrogens (tertiary/aromatic N) is 1. The van der Waals surface area contributed by atoms with Gasteiger partial charge in [-0.3, -0.25) is 4.90 Å². The molecule has 0 aliphatic carbocycles. The zero-order valence-corrected chi connectivity index (χ0v) is 13.3. The summed E-state index contributed by atoms with van der Waals surface area (Å²) in [6, 6.07) is 7.25. The Labute approximate surface area is 123 Å². The largest absolute Gasteiger partial charge is 0.330 e. The van der Waals surface area contributed by atoms with Crippen molar-refractivity contribution in [3.63, 3.8) is 0 Å². The topological polar surface area (TPSA) is 29.3 Å². The van der Waals surface area contributed by atoms with Gasteiger partial charge in [0.2, 0.25) is 0 Å². The van der Waals surface area contributed by atoms with Crippen LogP contribution >= 0.6 is 0 Å². The van der Waals surface area contributed by atoms with Crippen LogP contribution in [0.25, 0.3) is 0 Å². The van der Waals surface area contributed by atoms with Crippen LogP contribution in [0, 0.1) is 11.2 Å². The van der Waals surface area contributed by atoms with Crippen molar-refractivity contribution in [2.75, 3.05) is 19.6 Å². The molecule has 0 amide bonds. The molecule has 1 rings (SSSR count). The lowest BCUT2D eigenvalue weighted by Gasteiger charge is -2.37. The van der Waals surface area contributed by atoms with Crippen LogP contribution in [0.5, 0.6) is 0 Å². The van der Waals surface area contributed by atoms with Gasteiger partial charge in [-0.05, 0) is 49.0 Å². The van der Waals surface area contributed by atoms with Crippen LogP contribution in [0.3, 0.4) is 0 Å². The Morgan fingerprint density at radius 3 is 2.25 bits per heavy atom. The van der Waals surface area contributed by atoms with E-state index in [1.54, 1.807) is 12.1 Å². The summed E-state index contributed by atoms with van der Waals surface area (Å²) in [6.07, 6.45) is 2.13. The summed E-state index contributed by atoms with van der Waals surface area (Å²) in [4.78, 5) is 2.49. The van der Waals surface area contributed by atoms with Gasteiger partial charge < -0.3 is 5.73 Å². The summed E-state index contributed by atoms with van der Waals surface area (Å²) >= 11 is 0. The van der Waals surface area contributed by atoms with Gasteiger partial charge in [-0.1, -0.05) is 39.8 Å². The predicted octanol–water partition coefficient (Wildman–Crippen LogP) is 3.97. The predicted molar refractivity (Wildman–Crippen MR) is 84.1 cm³/mol. The summed E-state index contributed by atoms with van der Waals surface area (Å²) in [5, 5.41) is 0. The summed E-state index contributed by atoms with van der Waals surface area (Å²) in [6.45, 7) is 11.5. The van der Waals surface area contributed by atoms with E-state index in [1.165, 1.54) is 5.56 Å². The highest BCUT2D eigenvalue weighted by atomic mass is 19.1. The minimum absolute atomic E-state index is 0.0998. The number of benzene rings is 1. The van der Waals surface area contributed by atoms with Gasteiger partial charge in [-0.25, -0.2) is 4.39 Å². The molecule has 2 nitrogen and oxygen atoms in total. The van der Waals surface area contributed by atoms with E-state index < -0.39 is 0 Å². The molecule has 0 aliphatic heterocycles. The molecule has 0 radical (unpaired) electrons. The van der Waals surface area contributed by atoms with E-state index in [4.69, 9.17) is 5.73 Å². The van der Waals surface area contributed by atoms with Gasteiger partial charge in [0.15, 0.2) is 0 Å². The van der Waals surface area contributed by atoms with E-state index in [1.807, 2.05) is 12.1 Å². The smallest absolute Gasteiger partial charge is 0.123 e. The zero-order chi connectivity index (χ0) is 15.2. The van der Waals surface area contributed by atoms with E-state index in [0.29, 0.717) is 12.6 Å². The normalized spacial score (nSPS) is 13.8. The van der Waals surface area contributed by atoms with Crippen LogP contribution in [0.4, 0.5) is 4.39 Å². The summed E-state index contributed by atoms with van der Waals surface area (Å²) < 4.78 is 13.1. The number of halogens is 1. The Morgan fingerprint density at radius 1 is 1.20 bits per heavy atom. The van der Waals surface area contributed by atoms with Gasteiger partial charge >= 0.3 is 0 Å². The Morgan fingerprint density at radius 2 is 1.80 bits per heavy atom. The Kier molecular flexibility index (Phi) is 6.63. The second kappa shape index (κ2) is 7.75. The SMILES string of the molecule is CCCN(CC(C)(C)CN)C(CC)c1ccc(F)cc1. The van der Waals surface area contributed by atoms with Crippen molar-refractivity contribution < 1.29 is 4.39 Å². The van der Waals surface area contributed by atoms with Crippen molar-refractivity contribution in [2.24, 2.45) is 11.1 Å². The quantitative estimate of drug-likeness (QED) is 0.780. The first-order valence-corrected chi connectivity index (χ1v) is 7.63. The van der Waals surface area contributed by atoms with Crippen LogP contribution in [0.2, 0.25) is 0 Å². The van der Waals surface area contributed by atoms with Crippen molar-refractivity contribution in [2.45, 2.75) is 46.6 Å². The lowest BCUT2D eigenvalue weighted by molar-refractivity contribution is 0.128. The molecule has 1 aromatic rings. The highest BCUT2D eigenvalue weighted by molar-refractivity contribution is 5.20. The minimum Gasteiger partial charge on any atom is -0.330 e. The number of rotatable bonds is 8. The maximum Gasteiger partial charge on any atom is 0.123 e. The van der Waals surface area contributed by atoms with E-state index in [-0.39, 0.29) is 11.2 Å². The van der Waals surface area contributed by atoms with Gasteiger partial charge in [0.1, 0.15) is 5.82 Å². The highest BCUT2D eigenvalue weighted by Crippen LogP contribution is 2.28. The van der Waals surface area contributed by atoms with Crippen molar-refractivity contribution in [1.82, 2.24) is 4.90 Å². The highest BCUT2D eigenvalue weighted by Gasteiger charge is 2.25. The third kappa shape index (κ3) is 4.88. The van der Waals surface area contributed by atoms with Gasteiger partial charge in [-0.2, -0.15) is 0 Å². The Hall–Kier alpha value is -0.930. The summed E-state index contributed by atoms with van der Waals surface area (Å²) in [5.74, 6) is -0.173. The monoisotopic (exact) mass is 280 g/mol. The second-order valence-electron chi connectivity index (χ2n) is 6.31. The molecular formula is C17H29FN2. The fourth-order valence-corrected chi connectivity index (χ4v) is 2.64. The second-order valence-corrected chi connectivity index (χ2v) is 6.31. The average Bonchev–Trinajstić information content (AvgIpc) is 2.41. The molecule has 1 unspecified atom stereocenters. The maximum absolute atomic E-state index is 13.1. The summed E-state index contributed by atoms with van der Waals surface area (Å²) in [5.41, 5.74) is 7.16. The zero-order valence-electron chi connectivity index (χ0n) is 13.3. The van der Waals surface area contributed by atoms with Gasteiger partial charge in [0, 0.05) is 12.6 Å². The van der Waals surface area contributed by atoms with Crippen LogP contribution in [0.15, 0.2) is 24.3 Å². The minimum atomic E-state index is -0.173. The van der Waals surface area contributed by atoms with E-state index in [0.717, 1.165) is 25.9 Å². The number of hydrogen-bond acceptors (Lipinski definition) is 2. The molecule has 3 heteroatoms. The van der Waals surface area contributed by atoms with E-state index in [9.17, 15) is 4.39 Å². The first-order chi connectivity index (χ1) is 9.43. The molecule has 0 aliphatic rings. The summed E-state index contributed by atoms with van der Waals surface area (Å²) in [7, 11) is 0. The van der Waals surface area contributed by atoms with E-state index in [2.05, 4.69) is 32.6 Å². The van der Waals surface area contributed by atoms with Crippen molar-refractivity contribution in [3.05, 3.63) is 35.6 Å². The van der Waals surface area contributed by atoms with Crippen molar-refractivity contribution >= 4 is 0 Å². The molecule has 0 heterocycles. The molecule has 114 valence electrons. The lowest BCUT2D eigenvalue weighted by atomic mass is 9.91. The van der Waals surface area contributed by atoms with Gasteiger partial charge in [0.05, 0.1) is 0 Å². The Balaban J connectivity index is 2.93. The molecule has 0 aromatic heterocycles. The molecule has 20 heavy (non-hydrogen) atoms. The molecule has 1 aromatic carbocycles. The van der Waals surface area contributed by atoms with Crippen molar-refractivity contribution in [1.29, 1.82) is 0 Å². The van der Waals surface area contributed by atoms with Gasteiger partial charge in [0.25, 0.3) is 0 Å². The standard InChI is InChI=1S/C17H29FN2/c1-5-11-20(13-17(3,4)12-19)16(6-2)14-7-9-15(18)10-8-14/h7-10,16H,5-6,11-13,19H2,1-4H3. The molecule has 0 saturated carbocycles. The first kappa shape index (κ1) is 17.1. The molecule has 2 N–H and O–H groups in total. The third-order valence-corrected chi connectivity index (χ3v) is 3.78. The Bertz CT molecular complexity index is 386. The molecule has 0 bridgehead atoms. The fraction of sp³-hybridized carbons (Fsp3) is 0.647. The maximum atomic E-state index is 13.1. The molecule has 0 spiro atoms. The average molecular weight is 280 g/mol. The van der Waals surface area contributed by atoms with E-state index >= 15 is 0 Å². The number of nitrogens with two attached hydrogens (primary N) is 1. The third-order valence-electron chi connectivity index (χ3n) is 3.78. The van der Waals surface area contributed by atoms with Crippen LogP contribution in [0.1, 0.15) is 52.1 Å². The fourth-order valence-electron chi connectivity index (χ4n) is 2.64. The van der Waals surface area contributed by atoms with Crippen LogP contribution < -0.4 is 5.73 Å². The van der Waals surface area contributed by atoms with Gasteiger partial charge in [-0.15, -0.1) is 0 Å². The van der Waals surface area contributed by atoms with Crippen LogP contribution in [-0.4, -0.2) is 24.5 Å². The number of hydrogen-bond donors (Lipinski definition) is 1. The van der Waals surface area contributed by atoms with Crippen molar-refractivity contribution in [3.8, 4) is 0 Å². The molecule has 0 fully saturated rings. The molecule has 0 saturated heterocycles. The van der Waals surface area contributed by atoms with Crippen LogP contribution in [-0.2, 0) is 0 Å².